The van der Waals surface area contributed by atoms with Crippen molar-refractivity contribution in [3.63, 3.8) is 0 Å². The summed E-state index contributed by atoms with van der Waals surface area (Å²) in [5.74, 6) is 0. The smallest absolute Gasteiger partial charge is 0.410 e. The molecule has 2 aliphatic rings. The van der Waals surface area contributed by atoms with Gasteiger partial charge in [0.05, 0.1) is 38.1 Å². The SMILES string of the molecule is CCCCCCCCCCCCCC[C@@H](O)[C@H]1OC(=O)N(Cc2ccccc2)[C@H]1CCC1OC(CO)[C@H](O)C(OCc2ccccc2)C1OCc1ccccc1. The van der Waals surface area contributed by atoms with E-state index in [1.54, 1.807) is 4.90 Å². The van der Waals surface area contributed by atoms with E-state index in [-0.39, 0.29) is 19.8 Å². The molecule has 9 heteroatoms. The van der Waals surface area contributed by atoms with Gasteiger partial charge in [0.15, 0.2) is 0 Å². The molecule has 2 fully saturated rings. The van der Waals surface area contributed by atoms with Crippen LogP contribution >= 0.6 is 0 Å². The fourth-order valence-electron chi connectivity index (χ4n) is 8.20. The van der Waals surface area contributed by atoms with E-state index in [2.05, 4.69) is 6.92 Å². The Kier molecular flexibility index (Phi) is 19.1. The molecule has 0 aliphatic carbocycles. The number of benzene rings is 3. The zero-order valence-corrected chi connectivity index (χ0v) is 33.5. The van der Waals surface area contributed by atoms with E-state index in [1.807, 2.05) is 91.0 Å². The first-order valence-corrected chi connectivity index (χ1v) is 21.4. The molecule has 5 rings (SSSR count). The minimum absolute atomic E-state index is 0.252. The van der Waals surface area contributed by atoms with Gasteiger partial charge in [-0.15, -0.1) is 0 Å². The molecule has 3 aromatic rings. The number of amides is 1. The largest absolute Gasteiger partial charge is 0.441 e. The number of aliphatic hydroxyl groups excluding tert-OH is 3. The van der Waals surface area contributed by atoms with Crippen molar-refractivity contribution in [1.82, 2.24) is 4.90 Å². The summed E-state index contributed by atoms with van der Waals surface area (Å²) in [5, 5.41) is 33.3. The molecule has 2 saturated heterocycles. The number of hydrogen-bond donors (Lipinski definition) is 3. The Morgan fingerprint density at radius 1 is 0.661 bits per heavy atom. The number of carbonyl (C=O) groups is 1. The molecule has 3 N–H and O–H groups in total. The van der Waals surface area contributed by atoms with Gasteiger partial charge in [-0.25, -0.2) is 4.79 Å². The fourth-order valence-corrected chi connectivity index (χ4v) is 8.20. The minimum atomic E-state index is -1.13. The van der Waals surface area contributed by atoms with Crippen molar-refractivity contribution in [3.8, 4) is 0 Å². The van der Waals surface area contributed by atoms with Gasteiger partial charge in [-0.3, -0.25) is 4.90 Å². The molecule has 1 amide bonds. The molecular formula is C47H67NO8. The number of unbranched alkanes of at least 4 members (excludes halogenated alkanes) is 11. The molecule has 308 valence electrons. The maximum absolute atomic E-state index is 13.5. The lowest BCUT2D eigenvalue weighted by Crippen LogP contribution is -2.60. The van der Waals surface area contributed by atoms with Crippen LogP contribution in [0.4, 0.5) is 4.79 Å². The van der Waals surface area contributed by atoms with E-state index in [0.29, 0.717) is 25.8 Å². The molecule has 0 aromatic heterocycles. The van der Waals surface area contributed by atoms with Crippen molar-refractivity contribution in [2.45, 2.75) is 172 Å². The molecular weight excluding hydrogens is 707 g/mol. The molecule has 56 heavy (non-hydrogen) atoms. The molecule has 0 bridgehead atoms. The lowest BCUT2D eigenvalue weighted by atomic mass is 9.89. The molecule has 8 atom stereocenters. The molecule has 9 nitrogen and oxygen atoms in total. The summed E-state index contributed by atoms with van der Waals surface area (Å²) < 4.78 is 25.3. The van der Waals surface area contributed by atoms with Gasteiger partial charge in [0.25, 0.3) is 0 Å². The van der Waals surface area contributed by atoms with Crippen LogP contribution < -0.4 is 0 Å². The Hall–Kier alpha value is -3.31. The van der Waals surface area contributed by atoms with Crippen LogP contribution in [0.15, 0.2) is 91.0 Å². The third-order valence-corrected chi connectivity index (χ3v) is 11.4. The van der Waals surface area contributed by atoms with E-state index in [0.717, 1.165) is 36.0 Å². The van der Waals surface area contributed by atoms with Crippen molar-refractivity contribution in [3.05, 3.63) is 108 Å². The van der Waals surface area contributed by atoms with E-state index >= 15 is 0 Å². The summed E-state index contributed by atoms with van der Waals surface area (Å²) >= 11 is 0. The topological polar surface area (TPSA) is 118 Å². The van der Waals surface area contributed by atoms with Gasteiger partial charge >= 0.3 is 6.09 Å². The summed E-state index contributed by atoms with van der Waals surface area (Å²) in [5.41, 5.74) is 2.89. The first-order valence-electron chi connectivity index (χ1n) is 21.4. The summed E-state index contributed by atoms with van der Waals surface area (Å²) in [7, 11) is 0. The highest BCUT2D eigenvalue weighted by molar-refractivity contribution is 5.71. The van der Waals surface area contributed by atoms with Crippen LogP contribution in [0.2, 0.25) is 0 Å². The predicted molar refractivity (Wildman–Crippen MR) is 219 cm³/mol. The average molecular weight is 774 g/mol. The third kappa shape index (κ3) is 13.7. The Morgan fingerprint density at radius 3 is 1.70 bits per heavy atom. The number of rotatable bonds is 26. The van der Waals surface area contributed by atoms with Crippen molar-refractivity contribution in [1.29, 1.82) is 0 Å². The second-order valence-corrected chi connectivity index (χ2v) is 15.8. The third-order valence-electron chi connectivity index (χ3n) is 11.4. The Labute approximate surface area is 335 Å². The van der Waals surface area contributed by atoms with Gasteiger partial charge in [0.1, 0.15) is 30.5 Å². The van der Waals surface area contributed by atoms with E-state index in [4.69, 9.17) is 18.9 Å². The van der Waals surface area contributed by atoms with Gasteiger partial charge in [-0.1, -0.05) is 175 Å². The predicted octanol–water partition coefficient (Wildman–Crippen LogP) is 8.90. The summed E-state index contributed by atoms with van der Waals surface area (Å²) in [4.78, 5) is 15.2. The maximum Gasteiger partial charge on any atom is 0.410 e. The van der Waals surface area contributed by atoms with E-state index < -0.39 is 54.9 Å². The Bertz CT molecular complexity index is 1480. The van der Waals surface area contributed by atoms with Crippen molar-refractivity contribution in [2.24, 2.45) is 0 Å². The van der Waals surface area contributed by atoms with Crippen LogP contribution in [0.1, 0.15) is 120 Å². The van der Waals surface area contributed by atoms with E-state index in [9.17, 15) is 20.1 Å². The van der Waals surface area contributed by atoms with Gasteiger partial charge < -0.3 is 34.3 Å². The van der Waals surface area contributed by atoms with Gasteiger partial charge in [-0.05, 0) is 36.0 Å². The Balaban J connectivity index is 1.24. The highest BCUT2D eigenvalue weighted by Gasteiger charge is 2.49. The number of nitrogens with zero attached hydrogens (tertiary/aromatic N) is 1. The van der Waals surface area contributed by atoms with Crippen molar-refractivity contribution >= 4 is 6.09 Å². The second-order valence-electron chi connectivity index (χ2n) is 15.8. The quantitative estimate of drug-likeness (QED) is 0.0693. The van der Waals surface area contributed by atoms with Gasteiger partial charge in [0, 0.05) is 6.54 Å². The number of cyclic esters (lactones) is 1. The van der Waals surface area contributed by atoms with Crippen LogP contribution in [0.25, 0.3) is 0 Å². The lowest BCUT2D eigenvalue weighted by Gasteiger charge is -2.44. The minimum Gasteiger partial charge on any atom is -0.441 e. The summed E-state index contributed by atoms with van der Waals surface area (Å²) in [6, 6.07) is 29.0. The molecule has 2 heterocycles. The number of hydrogen-bond acceptors (Lipinski definition) is 8. The summed E-state index contributed by atoms with van der Waals surface area (Å²) in [6.45, 7) is 2.75. The molecule has 0 spiro atoms. The van der Waals surface area contributed by atoms with E-state index in [1.165, 1.54) is 57.8 Å². The fraction of sp³-hybridized carbons (Fsp3) is 0.596. The standard InChI is InChI=1S/C47H67NO8/c1-2-3-4-5-6-7-8-9-10-11-12-22-29-40(50)44-39(48(47(52)56-44)32-36-23-16-13-17-24-36)30-31-41-45(53-34-37-25-18-14-19-26-37)46(43(51)42(33-49)55-41)54-35-38-27-20-15-21-28-38/h13-21,23-28,39-46,49-51H,2-12,22,29-35H2,1H3/t39-,40+,41?,42?,43-,44-,45?,46?/m0/s1. The monoisotopic (exact) mass is 773 g/mol. The molecule has 3 aromatic carbocycles. The first-order chi connectivity index (χ1) is 27.5. The number of carbonyl (C=O) groups excluding carboxylic acids is 1. The number of aliphatic hydroxyl groups is 3. The average Bonchev–Trinajstić information content (AvgIpc) is 3.54. The van der Waals surface area contributed by atoms with Gasteiger partial charge in [0.2, 0.25) is 0 Å². The molecule has 2 aliphatic heterocycles. The summed E-state index contributed by atoms with van der Waals surface area (Å²) in [6.07, 6.45) is 10.3. The van der Waals surface area contributed by atoms with Gasteiger partial charge in [-0.2, -0.15) is 0 Å². The zero-order valence-electron chi connectivity index (χ0n) is 33.5. The second kappa shape index (κ2) is 24.5. The van der Waals surface area contributed by atoms with Crippen LogP contribution in [-0.4, -0.2) is 81.7 Å². The first kappa shape index (κ1) is 43.8. The highest BCUT2D eigenvalue weighted by atomic mass is 16.6. The van der Waals surface area contributed by atoms with Crippen LogP contribution in [0.3, 0.4) is 0 Å². The molecule has 0 radical (unpaired) electrons. The Morgan fingerprint density at radius 2 is 1.16 bits per heavy atom. The van der Waals surface area contributed by atoms with Crippen molar-refractivity contribution < 1.29 is 39.1 Å². The number of ether oxygens (including phenoxy) is 4. The highest BCUT2D eigenvalue weighted by Crippen LogP contribution is 2.34. The van der Waals surface area contributed by atoms with Crippen LogP contribution in [0.5, 0.6) is 0 Å². The van der Waals surface area contributed by atoms with Crippen LogP contribution in [-0.2, 0) is 38.7 Å². The zero-order chi connectivity index (χ0) is 39.4. The maximum atomic E-state index is 13.5. The normalized spacial score (nSPS) is 24.3. The molecule has 0 saturated carbocycles. The van der Waals surface area contributed by atoms with Crippen LogP contribution in [0, 0.1) is 0 Å². The molecule has 4 unspecified atom stereocenters. The lowest BCUT2D eigenvalue weighted by molar-refractivity contribution is -0.259. The van der Waals surface area contributed by atoms with Crippen molar-refractivity contribution in [2.75, 3.05) is 6.61 Å².